The first-order chi connectivity index (χ1) is 8.01. The fourth-order valence-corrected chi connectivity index (χ4v) is 1.88. The van der Waals surface area contributed by atoms with Crippen LogP contribution in [0.2, 0.25) is 0 Å². The number of carbonyl (C=O) groups is 1. The molecule has 0 aliphatic rings. The molecule has 17 heavy (non-hydrogen) atoms. The highest BCUT2D eigenvalue weighted by Gasteiger charge is 2.23. The average molecular weight is 299 g/mol. The molecule has 7 heteroatoms. The van der Waals surface area contributed by atoms with Crippen LogP contribution in [0.15, 0.2) is 16.6 Å². The maximum atomic E-state index is 11.1. The minimum atomic E-state index is -0.636. The Morgan fingerprint density at radius 3 is 2.76 bits per heavy atom. The van der Waals surface area contributed by atoms with Crippen LogP contribution >= 0.6 is 15.9 Å². The SMILES string of the molecule is COC(=O)Cc1ccc(C#N)c(Br)c1[N+](=O)[O-]. The zero-order chi connectivity index (χ0) is 13.0. The lowest BCUT2D eigenvalue weighted by atomic mass is 10.1. The number of nitro groups is 1. The number of nitro benzene ring substituents is 1. The van der Waals surface area contributed by atoms with Gasteiger partial charge in [-0.1, -0.05) is 6.07 Å². The predicted octanol–water partition coefficient (Wildman–Crippen LogP) is 1.94. The van der Waals surface area contributed by atoms with E-state index in [0.717, 1.165) is 0 Å². The smallest absolute Gasteiger partial charge is 0.310 e. The van der Waals surface area contributed by atoms with Crippen molar-refractivity contribution in [1.82, 2.24) is 0 Å². The van der Waals surface area contributed by atoms with Crippen molar-refractivity contribution in [3.63, 3.8) is 0 Å². The molecule has 1 rings (SSSR count). The van der Waals surface area contributed by atoms with Crippen LogP contribution in [0.5, 0.6) is 0 Å². The van der Waals surface area contributed by atoms with Crippen LogP contribution in [-0.2, 0) is 16.0 Å². The molecule has 1 aromatic carbocycles. The van der Waals surface area contributed by atoms with E-state index in [4.69, 9.17) is 5.26 Å². The van der Waals surface area contributed by atoms with Gasteiger partial charge in [0.1, 0.15) is 10.5 Å². The minimum absolute atomic E-state index is 0.0754. The van der Waals surface area contributed by atoms with E-state index in [2.05, 4.69) is 20.7 Å². The molecule has 0 aliphatic carbocycles. The monoisotopic (exact) mass is 298 g/mol. The van der Waals surface area contributed by atoms with Gasteiger partial charge in [0.15, 0.2) is 0 Å². The second-order valence-electron chi connectivity index (χ2n) is 3.06. The molecule has 1 aromatic rings. The zero-order valence-corrected chi connectivity index (χ0v) is 10.4. The van der Waals surface area contributed by atoms with E-state index < -0.39 is 10.9 Å². The lowest BCUT2D eigenvalue weighted by Gasteiger charge is -2.04. The largest absolute Gasteiger partial charge is 0.469 e. The molecule has 0 aromatic heterocycles. The number of nitriles is 1. The van der Waals surface area contributed by atoms with E-state index in [1.54, 1.807) is 0 Å². The van der Waals surface area contributed by atoms with Gasteiger partial charge in [-0.05, 0) is 22.0 Å². The molecule has 0 bridgehead atoms. The maximum absolute atomic E-state index is 11.1. The molecular formula is C10H7BrN2O4. The molecule has 0 spiro atoms. The normalized spacial score (nSPS) is 9.47. The number of rotatable bonds is 3. The molecule has 0 amide bonds. The number of hydrogen-bond acceptors (Lipinski definition) is 5. The van der Waals surface area contributed by atoms with Crippen LogP contribution in [0.4, 0.5) is 5.69 Å². The number of methoxy groups -OCH3 is 1. The fraction of sp³-hybridized carbons (Fsp3) is 0.200. The third-order valence-corrected chi connectivity index (χ3v) is 2.87. The Hall–Kier alpha value is -1.94. The van der Waals surface area contributed by atoms with Crippen molar-refractivity contribution >= 4 is 27.6 Å². The lowest BCUT2D eigenvalue weighted by molar-refractivity contribution is -0.386. The van der Waals surface area contributed by atoms with E-state index in [1.807, 2.05) is 6.07 Å². The van der Waals surface area contributed by atoms with Crippen molar-refractivity contribution in [1.29, 1.82) is 5.26 Å². The molecule has 0 aliphatic heterocycles. The molecule has 6 nitrogen and oxygen atoms in total. The highest BCUT2D eigenvalue weighted by atomic mass is 79.9. The topological polar surface area (TPSA) is 93.2 Å². The molecule has 88 valence electrons. The fourth-order valence-electron chi connectivity index (χ4n) is 1.26. The number of nitrogens with zero attached hydrogens (tertiary/aromatic N) is 2. The Morgan fingerprint density at radius 1 is 1.65 bits per heavy atom. The Balaban J connectivity index is 3.32. The third kappa shape index (κ3) is 2.79. The number of benzene rings is 1. The molecular weight excluding hydrogens is 292 g/mol. The van der Waals surface area contributed by atoms with Gasteiger partial charge in [-0.3, -0.25) is 14.9 Å². The standard InChI is InChI=1S/C10H7BrN2O4/c1-17-8(14)4-6-2-3-7(5-12)9(11)10(6)13(15)16/h2-3H,4H2,1H3. The summed E-state index contributed by atoms with van der Waals surface area (Å²) in [6.45, 7) is 0. The molecule has 0 saturated heterocycles. The van der Waals surface area contributed by atoms with Crippen LogP contribution in [0, 0.1) is 21.4 Å². The van der Waals surface area contributed by atoms with Gasteiger partial charge < -0.3 is 4.74 Å². The second-order valence-corrected chi connectivity index (χ2v) is 3.85. The molecule has 0 radical (unpaired) electrons. The highest BCUT2D eigenvalue weighted by molar-refractivity contribution is 9.10. The summed E-state index contributed by atoms with van der Waals surface area (Å²) in [5.41, 5.74) is 0.0625. The molecule has 0 saturated carbocycles. The maximum Gasteiger partial charge on any atom is 0.310 e. The molecule has 0 heterocycles. The number of carbonyl (C=O) groups excluding carboxylic acids is 1. The van der Waals surface area contributed by atoms with Crippen LogP contribution in [-0.4, -0.2) is 18.0 Å². The van der Waals surface area contributed by atoms with Crippen LogP contribution < -0.4 is 0 Å². The van der Waals surface area contributed by atoms with Crippen molar-refractivity contribution in [2.24, 2.45) is 0 Å². The number of hydrogen-bond donors (Lipinski definition) is 0. The Kier molecular flexibility index (Phi) is 4.17. The molecule has 0 unspecified atom stereocenters. The Bertz CT molecular complexity index is 522. The summed E-state index contributed by atoms with van der Waals surface area (Å²) in [5.74, 6) is -0.579. The van der Waals surface area contributed by atoms with Crippen molar-refractivity contribution < 1.29 is 14.5 Å². The van der Waals surface area contributed by atoms with Crippen LogP contribution in [0.3, 0.4) is 0 Å². The minimum Gasteiger partial charge on any atom is -0.469 e. The van der Waals surface area contributed by atoms with Crippen molar-refractivity contribution in [2.45, 2.75) is 6.42 Å². The molecule has 0 fully saturated rings. The summed E-state index contributed by atoms with van der Waals surface area (Å²) in [7, 11) is 1.20. The first kappa shape index (κ1) is 13.1. The van der Waals surface area contributed by atoms with Gasteiger partial charge in [-0.2, -0.15) is 5.26 Å². The summed E-state index contributed by atoms with van der Waals surface area (Å²) in [6.07, 6.45) is -0.211. The quantitative estimate of drug-likeness (QED) is 0.483. The summed E-state index contributed by atoms with van der Waals surface area (Å²) in [5, 5.41) is 19.6. The summed E-state index contributed by atoms with van der Waals surface area (Å²) >= 11 is 2.99. The second kappa shape index (κ2) is 5.41. The van der Waals surface area contributed by atoms with E-state index in [-0.39, 0.29) is 27.7 Å². The molecule has 0 N–H and O–H groups in total. The first-order valence-electron chi connectivity index (χ1n) is 4.44. The van der Waals surface area contributed by atoms with Gasteiger partial charge in [-0.25, -0.2) is 0 Å². The average Bonchev–Trinajstić information content (AvgIpc) is 2.28. The van der Waals surface area contributed by atoms with Crippen LogP contribution in [0.1, 0.15) is 11.1 Å². The van der Waals surface area contributed by atoms with Gasteiger partial charge in [0.2, 0.25) is 0 Å². The van der Waals surface area contributed by atoms with Crippen molar-refractivity contribution in [3.05, 3.63) is 37.8 Å². The molecule has 0 atom stereocenters. The van der Waals surface area contributed by atoms with E-state index in [1.165, 1.54) is 19.2 Å². The summed E-state index contributed by atoms with van der Waals surface area (Å²) < 4.78 is 4.52. The van der Waals surface area contributed by atoms with Gasteiger partial charge in [0, 0.05) is 5.56 Å². The first-order valence-corrected chi connectivity index (χ1v) is 5.23. The Labute approximate surface area is 105 Å². The third-order valence-electron chi connectivity index (χ3n) is 2.07. The lowest BCUT2D eigenvalue weighted by Crippen LogP contribution is -2.07. The highest BCUT2D eigenvalue weighted by Crippen LogP contribution is 2.32. The van der Waals surface area contributed by atoms with Gasteiger partial charge in [0.25, 0.3) is 5.69 Å². The van der Waals surface area contributed by atoms with Crippen LogP contribution in [0.25, 0.3) is 0 Å². The zero-order valence-electron chi connectivity index (χ0n) is 8.77. The number of ether oxygens (including phenoxy) is 1. The predicted molar refractivity (Wildman–Crippen MR) is 61.2 cm³/mol. The summed E-state index contributed by atoms with van der Waals surface area (Å²) in [6, 6.07) is 4.60. The summed E-state index contributed by atoms with van der Waals surface area (Å²) in [4.78, 5) is 21.4. The number of halogens is 1. The van der Waals surface area contributed by atoms with E-state index in [0.29, 0.717) is 0 Å². The van der Waals surface area contributed by atoms with Gasteiger partial charge in [-0.15, -0.1) is 0 Å². The van der Waals surface area contributed by atoms with Crippen molar-refractivity contribution in [3.8, 4) is 6.07 Å². The van der Waals surface area contributed by atoms with Gasteiger partial charge >= 0.3 is 5.97 Å². The van der Waals surface area contributed by atoms with E-state index in [9.17, 15) is 14.9 Å². The number of esters is 1. The van der Waals surface area contributed by atoms with Gasteiger partial charge in [0.05, 0.1) is 24.0 Å². The van der Waals surface area contributed by atoms with E-state index >= 15 is 0 Å². The Morgan fingerprint density at radius 2 is 2.29 bits per heavy atom. The van der Waals surface area contributed by atoms with Crippen molar-refractivity contribution in [2.75, 3.05) is 7.11 Å².